The van der Waals surface area contributed by atoms with Gasteiger partial charge in [-0.2, -0.15) is 0 Å². The summed E-state index contributed by atoms with van der Waals surface area (Å²) in [6.45, 7) is 5.35. The van der Waals surface area contributed by atoms with Crippen molar-refractivity contribution >= 4 is 46.8 Å². The molecule has 0 saturated heterocycles. The van der Waals surface area contributed by atoms with Crippen LogP contribution in [0, 0.1) is 16.0 Å². The van der Waals surface area contributed by atoms with Crippen molar-refractivity contribution < 1.29 is 38.3 Å². The van der Waals surface area contributed by atoms with E-state index in [1.54, 1.807) is 13.8 Å². The zero-order chi connectivity index (χ0) is 26.3. The molecule has 0 unspecified atom stereocenters. The highest BCUT2D eigenvalue weighted by atomic mass is 35.5. The molecule has 35 heavy (non-hydrogen) atoms. The molecule has 2 N–H and O–H groups in total. The van der Waals surface area contributed by atoms with Gasteiger partial charge in [0.05, 0.1) is 29.3 Å². The Bertz CT molecular complexity index is 1090. The molecular weight excluding hydrogens is 486 g/mol. The zero-order valence-electron chi connectivity index (χ0n) is 19.4. The van der Waals surface area contributed by atoms with Gasteiger partial charge in [0, 0.05) is 22.5 Å². The van der Waals surface area contributed by atoms with Crippen molar-refractivity contribution in [1.82, 2.24) is 5.32 Å². The van der Waals surface area contributed by atoms with E-state index < -0.39 is 47.0 Å². The van der Waals surface area contributed by atoms with Crippen molar-refractivity contribution in [3.05, 3.63) is 55.9 Å². The van der Waals surface area contributed by atoms with Gasteiger partial charge in [-0.3, -0.25) is 19.7 Å². The number of nitrogens with zero attached hydrogens (tertiary/aromatic N) is 1. The molecule has 1 amide bonds. The number of amides is 1. The topological polar surface area (TPSA) is 163 Å². The van der Waals surface area contributed by atoms with Gasteiger partial charge >= 0.3 is 17.9 Å². The van der Waals surface area contributed by atoms with E-state index in [1.807, 2.05) is 0 Å². The molecule has 2 rings (SSSR count). The molecule has 1 aliphatic rings. The summed E-state index contributed by atoms with van der Waals surface area (Å²) in [4.78, 5) is 61.1. The number of carbonyl (C=O) groups excluding carboxylic acids is 4. The maximum atomic E-state index is 13.1. The summed E-state index contributed by atoms with van der Waals surface area (Å²) in [6, 6.07) is 3.61. The molecule has 12 nitrogen and oxygen atoms in total. The molecule has 188 valence electrons. The van der Waals surface area contributed by atoms with Gasteiger partial charge in [-0.05, 0) is 39.8 Å². The van der Waals surface area contributed by atoms with Crippen molar-refractivity contribution in [3.8, 4) is 0 Å². The number of hydrogen-bond acceptors (Lipinski definition) is 10. The number of allylic oxidation sites excluding steroid dienone is 2. The van der Waals surface area contributed by atoms with Gasteiger partial charge in [0.2, 0.25) is 0 Å². The summed E-state index contributed by atoms with van der Waals surface area (Å²) in [7, 11) is 0. The molecular formula is C22H24ClN3O9. The van der Waals surface area contributed by atoms with Crippen molar-refractivity contribution in [2.75, 3.05) is 25.1 Å². The number of hydrogen-bond donors (Lipinski definition) is 2. The van der Waals surface area contributed by atoms with Crippen LogP contribution < -0.4 is 10.6 Å². The molecule has 1 heterocycles. The Labute approximate surface area is 205 Å². The van der Waals surface area contributed by atoms with Crippen LogP contribution >= 0.6 is 11.6 Å². The smallest absolute Gasteiger partial charge is 0.337 e. The monoisotopic (exact) mass is 509 g/mol. The van der Waals surface area contributed by atoms with Crippen LogP contribution in [0.2, 0.25) is 5.02 Å². The number of rotatable bonds is 9. The van der Waals surface area contributed by atoms with Gasteiger partial charge in [-0.1, -0.05) is 11.6 Å². The maximum Gasteiger partial charge on any atom is 0.337 e. The van der Waals surface area contributed by atoms with Crippen molar-refractivity contribution in [3.63, 3.8) is 0 Å². The second-order valence-corrected chi connectivity index (χ2v) is 7.59. The van der Waals surface area contributed by atoms with Crippen LogP contribution in [0.15, 0.2) is 40.7 Å². The minimum absolute atomic E-state index is 0.0110. The second kappa shape index (κ2) is 12.0. The standard InChI is InChI=1S/C22H24ClN3O9/c1-5-33-20(28)17-11(3)24-12(4)18(21(29)34-6-2)19(17)22(30)35-10-16(27)25-14-8-7-13(23)9-15(14)26(31)32/h7-9,19,24H,5-6,10H2,1-4H3,(H,25,27). The van der Waals surface area contributed by atoms with E-state index in [-0.39, 0.29) is 46.5 Å². The number of nitro groups is 1. The third-order valence-corrected chi connectivity index (χ3v) is 5.00. The maximum absolute atomic E-state index is 13.1. The Hall–Kier alpha value is -3.93. The minimum Gasteiger partial charge on any atom is -0.463 e. The summed E-state index contributed by atoms with van der Waals surface area (Å²) in [5.41, 5.74) is -0.428. The summed E-state index contributed by atoms with van der Waals surface area (Å²) >= 11 is 5.76. The molecule has 1 aliphatic heterocycles. The Morgan fingerprint density at radius 1 is 1.03 bits per heavy atom. The Balaban J connectivity index is 2.29. The van der Waals surface area contributed by atoms with Gasteiger partial charge in [0.25, 0.3) is 11.6 Å². The van der Waals surface area contributed by atoms with Crippen molar-refractivity contribution in [2.45, 2.75) is 27.7 Å². The van der Waals surface area contributed by atoms with Crippen LogP contribution in [0.5, 0.6) is 0 Å². The Morgan fingerprint density at radius 2 is 1.57 bits per heavy atom. The van der Waals surface area contributed by atoms with E-state index in [0.29, 0.717) is 0 Å². The molecule has 0 saturated carbocycles. The van der Waals surface area contributed by atoms with Gasteiger partial charge in [-0.15, -0.1) is 0 Å². The summed E-state index contributed by atoms with van der Waals surface area (Å²) in [5, 5.41) is 16.4. The third-order valence-electron chi connectivity index (χ3n) is 4.76. The Morgan fingerprint density at radius 3 is 2.06 bits per heavy atom. The van der Waals surface area contributed by atoms with E-state index in [2.05, 4.69) is 10.6 Å². The predicted molar refractivity (Wildman–Crippen MR) is 123 cm³/mol. The second-order valence-electron chi connectivity index (χ2n) is 7.15. The van der Waals surface area contributed by atoms with E-state index in [4.69, 9.17) is 25.8 Å². The van der Waals surface area contributed by atoms with Gasteiger partial charge in [-0.25, -0.2) is 9.59 Å². The first-order valence-electron chi connectivity index (χ1n) is 10.4. The number of halogens is 1. The lowest BCUT2D eigenvalue weighted by Gasteiger charge is -2.28. The van der Waals surface area contributed by atoms with Gasteiger partial charge in [0.1, 0.15) is 11.6 Å². The highest BCUT2D eigenvalue weighted by molar-refractivity contribution is 6.31. The van der Waals surface area contributed by atoms with Crippen LogP contribution in [0.3, 0.4) is 0 Å². The number of benzene rings is 1. The van der Waals surface area contributed by atoms with Crippen LogP contribution in [-0.2, 0) is 33.4 Å². The quantitative estimate of drug-likeness (QED) is 0.219. The number of anilines is 1. The van der Waals surface area contributed by atoms with E-state index in [9.17, 15) is 29.3 Å². The molecule has 13 heteroatoms. The number of esters is 3. The fraction of sp³-hybridized carbons (Fsp3) is 0.364. The van der Waals surface area contributed by atoms with Crippen LogP contribution in [0.4, 0.5) is 11.4 Å². The fourth-order valence-corrected chi connectivity index (χ4v) is 3.52. The van der Waals surface area contributed by atoms with Gasteiger partial charge in [0.15, 0.2) is 6.61 Å². The van der Waals surface area contributed by atoms with Crippen LogP contribution in [-0.4, -0.2) is 48.6 Å². The number of ether oxygens (including phenoxy) is 3. The first kappa shape index (κ1) is 27.3. The minimum atomic E-state index is -1.52. The molecule has 0 bridgehead atoms. The molecule has 0 aromatic heterocycles. The van der Waals surface area contributed by atoms with E-state index in [1.165, 1.54) is 26.0 Å². The fourth-order valence-electron chi connectivity index (χ4n) is 3.36. The lowest BCUT2D eigenvalue weighted by molar-refractivity contribution is -0.383. The summed E-state index contributed by atoms with van der Waals surface area (Å²) in [6.07, 6.45) is 0. The molecule has 0 aliphatic carbocycles. The molecule has 1 aromatic rings. The average molecular weight is 510 g/mol. The average Bonchev–Trinajstić information content (AvgIpc) is 2.78. The first-order valence-corrected chi connectivity index (χ1v) is 10.8. The number of dihydropyridines is 1. The number of nitro benzene ring substituents is 1. The first-order chi connectivity index (χ1) is 16.5. The SMILES string of the molecule is CCOC(=O)C1=C(C)NC(C)=C(C(=O)OCC)C1C(=O)OCC(=O)Nc1ccc(Cl)cc1[N+](=O)[O-]. The van der Waals surface area contributed by atoms with Crippen LogP contribution in [0.1, 0.15) is 27.7 Å². The molecule has 0 atom stereocenters. The molecule has 0 fully saturated rings. The molecule has 1 aromatic carbocycles. The highest BCUT2D eigenvalue weighted by Gasteiger charge is 2.42. The predicted octanol–water partition coefficient (Wildman–Crippen LogP) is 2.62. The lowest BCUT2D eigenvalue weighted by Crippen LogP contribution is -2.39. The van der Waals surface area contributed by atoms with Crippen molar-refractivity contribution in [2.24, 2.45) is 5.92 Å². The summed E-state index contributed by atoms with van der Waals surface area (Å²) < 4.78 is 15.2. The highest BCUT2D eigenvalue weighted by Crippen LogP contribution is 2.33. The lowest BCUT2D eigenvalue weighted by atomic mass is 9.85. The summed E-state index contributed by atoms with van der Waals surface area (Å²) in [5.74, 6) is -5.21. The van der Waals surface area contributed by atoms with E-state index in [0.717, 1.165) is 6.07 Å². The molecule has 0 spiro atoms. The number of carbonyl (C=O) groups is 4. The third kappa shape index (κ3) is 6.57. The van der Waals surface area contributed by atoms with Crippen molar-refractivity contribution in [1.29, 1.82) is 0 Å². The largest absolute Gasteiger partial charge is 0.463 e. The normalized spacial score (nSPS) is 13.6. The van der Waals surface area contributed by atoms with Gasteiger partial charge < -0.3 is 24.8 Å². The number of nitrogens with one attached hydrogen (secondary N) is 2. The zero-order valence-corrected chi connectivity index (χ0v) is 20.2. The van der Waals surface area contributed by atoms with Crippen LogP contribution in [0.25, 0.3) is 0 Å². The Kier molecular flexibility index (Phi) is 9.34. The molecule has 0 radical (unpaired) electrons. The van der Waals surface area contributed by atoms with E-state index >= 15 is 0 Å².